The summed E-state index contributed by atoms with van der Waals surface area (Å²) < 4.78 is 38.9. The zero-order valence-corrected chi connectivity index (χ0v) is 16.0. The number of hydrogen-bond acceptors (Lipinski definition) is 8. The molecule has 1 aromatic carbocycles. The van der Waals surface area contributed by atoms with E-state index < -0.39 is 34.3 Å². The lowest BCUT2D eigenvalue weighted by molar-refractivity contribution is -0.384. The van der Waals surface area contributed by atoms with Gasteiger partial charge in [0.25, 0.3) is 5.69 Å². The maximum absolute atomic E-state index is 12.7. The highest BCUT2D eigenvalue weighted by molar-refractivity contribution is 8.01. The summed E-state index contributed by atoms with van der Waals surface area (Å²) in [5.41, 5.74) is -2.14. The van der Waals surface area contributed by atoms with Gasteiger partial charge in [0.05, 0.1) is 10.5 Å². The summed E-state index contributed by atoms with van der Waals surface area (Å²) in [6, 6.07) is 1.05. The molecule has 1 amide bonds. The number of nitro groups is 1. The molecule has 0 unspecified atom stereocenters. The summed E-state index contributed by atoms with van der Waals surface area (Å²) in [5.74, 6) is 0.0450. The van der Waals surface area contributed by atoms with E-state index in [4.69, 9.17) is 0 Å². The van der Waals surface area contributed by atoms with Crippen LogP contribution in [0.2, 0.25) is 0 Å². The van der Waals surface area contributed by atoms with Gasteiger partial charge < -0.3 is 5.32 Å². The van der Waals surface area contributed by atoms with Crippen molar-refractivity contribution in [3.63, 3.8) is 0 Å². The number of hydrogen-bond donors (Lipinski definition) is 2. The van der Waals surface area contributed by atoms with E-state index in [-0.39, 0.29) is 10.8 Å². The van der Waals surface area contributed by atoms with Crippen LogP contribution >= 0.6 is 23.1 Å². The van der Waals surface area contributed by atoms with Gasteiger partial charge in [-0.3, -0.25) is 20.2 Å². The zero-order valence-electron chi connectivity index (χ0n) is 14.3. The van der Waals surface area contributed by atoms with E-state index in [2.05, 4.69) is 27.4 Å². The van der Waals surface area contributed by atoms with Crippen LogP contribution < -0.4 is 10.6 Å². The molecule has 0 fully saturated rings. The Morgan fingerprint density at radius 2 is 2.18 bits per heavy atom. The molecule has 0 saturated heterocycles. The number of thioether (sulfide) groups is 1. The fourth-order valence-corrected chi connectivity index (χ4v) is 3.46. The Kier molecular flexibility index (Phi) is 6.96. The molecule has 1 aromatic heterocycles. The minimum atomic E-state index is -4.72. The average molecular weight is 433 g/mol. The molecule has 0 aliphatic heterocycles. The monoisotopic (exact) mass is 433 g/mol. The number of carbonyl (C=O) groups is 1. The van der Waals surface area contributed by atoms with Crippen molar-refractivity contribution in [1.82, 2.24) is 10.2 Å². The van der Waals surface area contributed by atoms with Gasteiger partial charge in [-0.2, -0.15) is 13.2 Å². The molecular weight excluding hydrogens is 419 g/mol. The highest BCUT2D eigenvalue weighted by atomic mass is 32.2. The molecule has 1 atom stereocenters. The molecular formula is C15H14F3N5O3S2. The Labute approximate surface area is 165 Å². The van der Waals surface area contributed by atoms with E-state index in [0.717, 1.165) is 17.4 Å². The number of benzene rings is 1. The third-order valence-electron chi connectivity index (χ3n) is 3.25. The van der Waals surface area contributed by atoms with Crippen molar-refractivity contribution in [3.8, 4) is 0 Å². The van der Waals surface area contributed by atoms with Gasteiger partial charge in [0.15, 0.2) is 4.34 Å². The summed E-state index contributed by atoms with van der Waals surface area (Å²) in [5, 5.41) is 24.1. The predicted octanol–water partition coefficient (Wildman–Crippen LogP) is 4.18. The van der Waals surface area contributed by atoms with Gasteiger partial charge in [-0.05, 0) is 19.1 Å². The maximum Gasteiger partial charge on any atom is 0.416 e. The predicted molar refractivity (Wildman–Crippen MR) is 101 cm³/mol. The van der Waals surface area contributed by atoms with E-state index >= 15 is 0 Å². The fraction of sp³-hybridized carbons (Fsp3) is 0.267. The molecule has 0 aliphatic rings. The third kappa shape index (κ3) is 5.66. The molecule has 13 heteroatoms. The fourth-order valence-electron chi connectivity index (χ4n) is 1.94. The highest BCUT2D eigenvalue weighted by Gasteiger charge is 2.33. The smallest absolute Gasteiger partial charge is 0.368 e. The number of nitrogens with zero attached hydrogens (tertiary/aromatic N) is 3. The summed E-state index contributed by atoms with van der Waals surface area (Å²) in [7, 11) is 0. The van der Waals surface area contributed by atoms with Crippen LogP contribution in [-0.2, 0) is 11.0 Å². The average Bonchev–Trinajstić information content (AvgIpc) is 3.06. The summed E-state index contributed by atoms with van der Waals surface area (Å²) in [4.78, 5) is 22.4. The van der Waals surface area contributed by atoms with Gasteiger partial charge in [-0.15, -0.1) is 16.8 Å². The number of rotatable bonds is 8. The van der Waals surface area contributed by atoms with Crippen molar-refractivity contribution >= 4 is 45.5 Å². The first kappa shape index (κ1) is 21.6. The molecule has 28 heavy (non-hydrogen) atoms. The van der Waals surface area contributed by atoms with Crippen LogP contribution in [0.4, 0.5) is 29.7 Å². The van der Waals surface area contributed by atoms with Gasteiger partial charge >= 0.3 is 6.18 Å². The first-order chi connectivity index (χ1) is 13.1. The Hall–Kier alpha value is -2.67. The van der Waals surface area contributed by atoms with Crippen LogP contribution in [-0.4, -0.2) is 32.8 Å². The van der Waals surface area contributed by atoms with E-state index in [1.165, 1.54) is 18.7 Å². The number of nitrogens with one attached hydrogen (secondary N) is 2. The van der Waals surface area contributed by atoms with Gasteiger partial charge in [0, 0.05) is 11.8 Å². The number of nitro benzene ring substituents is 1. The number of carbonyl (C=O) groups excluding carboxylic acids is 1. The van der Waals surface area contributed by atoms with Crippen molar-refractivity contribution in [2.24, 2.45) is 0 Å². The van der Waals surface area contributed by atoms with Crippen LogP contribution in [0.1, 0.15) is 12.5 Å². The van der Waals surface area contributed by atoms with Crippen molar-refractivity contribution in [2.75, 3.05) is 16.4 Å². The van der Waals surface area contributed by atoms with Gasteiger partial charge in [-0.1, -0.05) is 29.2 Å². The minimum absolute atomic E-state index is 0.208. The summed E-state index contributed by atoms with van der Waals surface area (Å²) >= 11 is 2.52. The van der Waals surface area contributed by atoms with Crippen LogP contribution in [0.15, 0.2) is 35.2 Å². The molecule has 150 valence electrons. The molecule has 2 N–H and O–H groups in total. The molecule has 8 nitrogen and oxygen atoms in total. The largest absolute Gasteiger partial charge is 0.416 e. The first-order valence-corrected chi connectivity index (χ1v) is 9.42. The summed E-state index contributed by atoms with van der Waals surface area (Å²) in [6.07, 6.45) is -3.03. The van der Waals surface area contributed by atoms with Crippen molar-refractivity contribution < 1.29 is 22.9 Å². The van der Waals surface area contributed by atoms with Gasteiger partial charge in [0.1, 0.15) is 11.7 Å². The Morgan fingerprint density at radius 1 is 1.46 bits per heavy atom. The number of alkyl halides is 3. The summed E-state index contributed by atoms with van der Waals surface area (Å²) in [6.45, 7) is 4.99. The van der Waals surface area contributed by atoms with Crippen LogP contribution in [0.3, 0.4) is 0 Å². The van der Waals surface area contributed by atoms with Gasteiger partial charge in [0.2, 0.25) is 11.0 Å². The second kappa shape index (κ2) is 9.01. The van der Waals surface area contributed by atoms with Gasteiger partial charge in [-0.25, -0.2) is 0 Å². The molecule has 1 heterocycles. The first-order valence-electron chi connectivity index (χ1n) is 7.62. The SMILES string of the molecule is C=CCSc1nnc(NC(=O)[C@H](C)Nc2ccc(C(F)(F)F)cc2[N+](=O)[O-])s1. The molecule has 2 rings (SSSR count). The number of anilines is 2. The molecule has 2 aromatic rings. The molecule has 0 saturated carbocycles. The van der Waals surface area contributed by atoms with Crippen LogP contribution in [0.25, 0.3) is 0 Å². The van der Waals surface area contributed by atoms with E-state index in [9.17, 15) is 28.1 Å². The van der Waals surface area contributed by atoms with E-state index in [0.29, 0.717) is 22.2 Å². The third-order valence-corrected chi connectivity index (χ3v) is 5.22. The number of amides is 1. The van der Waals surface area contributed by atoms with Crippen molar-refractivity contribution in [2.45, 2.75) is 23.5 Å². The Morgan fingerprint density at radius 3 is 2.79 bits per heavy atom. The molecule has 0 aliphatic carbocycles. The lowest BCUT2D eigenvalue weighted by Gasteiger charge is -2.15. The van der Waals surface area contributed by atoms with Crippen molar-refractivity contribution in [1.29, 1.82) is 0 Å². The lowest BCUT2D eigenvalue weighted by Crippen LogP contribution is -2.32. The molecule has 0 spiro atoms. The van der Waals surface area contributed by atoms with Crippen LogP contribution in [0.5, 0.6) is 0 Å². The second-order valence-corrected chi connectivity index (χ2v) is 7.56. The zero-order chi connectivity index (χ0) is 20.9. The van der Waals surface area contributed by atoms with E-state index in [1.54, 1.807) is 6.08 Å². The maximum atomic E-state index is 12.7. The minimum Gasteiger partial charge on any atom is -0.368 e. The van der Waals surface area contributed by atoms with Crippen molar-refractivity contribution in [3.05, 3.63) is 46.5 Å². The second-order valence-electron chi connectivity index (χ2n) is 5.31. The topological polar surface area (TPSA) is 110 Å². The highest BCUT2D eigenvalue weighted by Crippen LogP contribution is 2.35. The number of aromatic nitrogens is 2. The number of halogens is 3. The Balaban J connectivity index is 2.09. The normalized spacial score (nSPS) is 12.3. The standard InChI is InChI=1S/C15H14F3N5O3S2/c1-3-6-27-14-22-21-13(28-14)20-12(24)8(2)19-10-5-4-9(15(16,17)18)7-11(10)23(25)26/h3-5,7-8,19H,1,6H2,2H3,(H,20,21,24)/t8-/m0/s1. The Bertz CT molecular complexity index is 888. The quantitative estimate of drug-likeness (QED) is 0.211. The van der Waals surface area contributed by atoms with E-state index in [1.807, 2.05) is 0 Å². The molecule has 0 radical (unpaired) electrons. The molecule has 0 bridgehead atoms. The van der Waals surface area contributed by atoms with Crippen LogP contribution in [0, 0.1) is 10.1 Å². The lowest BCUT2D eigenvalue weighted by atomic mass is 10.1.